The summed E-state index contributed by atoms with van der Waals surface area (Å²) in [6.07, 6.45) is 0.140. The van der Waals surface area contributed by atoms with Gasteiger partial charge in [0.05, 0.1) is 12.3 Å². The Balaban J connectivity index is 2.36. The number of cyclic esters (lactones) is 2. The normalized spacial score (nSPS) is 21.1. The van der Waals surface area contributed by atoms with Gasteiger partial charge in [0.15, 0.2) is 0 Å². The van der Waals surface area contributed by atoms with Crippen LogP contribution in [0.4, 0.5) is 0 Å². The maximum absolute atomic E-state index is 11.3. The number of ether oxygens (including phenoxy) is 1. The lowest BCUT2D eigenvalue weighted by Crippen LogP contribution is -2.05. The largest absolute Gasteiger partial charge is 0.393 e. The van der Waals surface area contributed by atoms with E-state index in [9.17, 15) is 9.59 Å². The molecule has 1 aliphatic rings. The third-order valence-electron chi connectivity index (χ3n) is 2.15. The van der Waals surface area contributed by atoms with E-state index in [2.05, 4.69) is 20.7 Å². The second-order valence-electron chi connectivity index (χ2n) is 3.07. The molecule has 0 radical (unpaired) electrons. The highest BCUT2D eigenvalue weighted by Crippen LogP contribution is 2.32. The molecule has 1 fully saturated rings. The van der Waals surface area contributed by atoms with Crippen LogP contribution in [0.2, 0.25) is 0 Å². The highest BCUT2D eigenvalue weighted by Gasteiger charge is 2.35. The van der Waals surface area contributed by atoms with Crippen molar-refractivity contribution in [3.63, 3.8) is 0 Å². The Hall–Kier alpha value is -1.16. The minimum absolute atomic E-state index is 0.140. The van der Waals surface area contributed by atoms with E-state index in [1.165, 1.54) is 0 Å². The van der Waals surface area contributed by atoms with Crippen molar-refractivity contribution in [3.8, 4) is 0 Å². The van der Waals surface area contributed by atoms with Crippen LogP contribution in [0.1, 0.15) is 17.9 Å². The van der Waals surface area contributed by atoms with Crippen LogP contribution in [0, 0.1) is 0 Å². The predicted molar refractivity (Wildman–Crippen MR) is 52.6 cm³/mol. The molecule has 0 aromatic heterocycles. The summed E-state index contributed by atoms with van der Waals surface area (Å²) < 4.78 is 5.31. The Morgan fingerprint density at radius 3 is 2.57 bits per heavy atom. The highest BCUT2D eigenvalue weighted by atomic mass is 79.9. The van der Waals surface area contributed by atoms with Gasteiger partial charge in [0.2, 0.25) is 0 Å². The van der Waals surface area contributed by atoms with Gasteiger partial charge >= 0.3 is 11.9 Å². The van der Waals surface area contributed by atoms with E-state index in [1.54, 1.807) is 0 Å². The van der Waals surface area contributed by atoms with Gasteiger partial charge in [-0.3, -0.25) is 9.59 Å². The number of hydrogen-bond acceptors (Lipinski definition) is 3. The van der Waals surface area contributed by atoms with Gasteiger partial charge in [-0.05, 0) is 11.6 Å². The van der Waals surface area contributed by atoms with Crippen molar-refractivity contribution in [3.05, 3.63) is 34.3 Å². The van der Waals surface area contributed by atoms with Crippen LogP contribution in [0.25, 0.3) is 0 Å². The standard InChI is InChI=1S/C10H7BrO3/c11-8-4-2-1-3-6(8)7-5-9(12)14-10(7)13/h1-4,7H,5H2. The molecule has 0 amide bonds. The van der Waals surface area contributed by atoms with Crippen molar-refractivity contribution >= 4 is 27.9 Å². The van der Waals surface area contributed by atoms with Gasteiger partial charge in [0.1, 0.15) is 0 Å². The van der Waals surface area contributed by atoms with E-state index < -0.39 is 17.9 Å². The monoisotopic (exact) mass is 254 g/mol. The SMILES string of the molecule is O=C1CC(c2ccccc2Br)C(=O)O1. The van der Waals surface area contributed by atoms with Crippen LogP contribution in [0.15, 0.2) is 28.7 Å². The Labute approximate surface area is 89.2 Å². The van der Waals surface area contributed by atoms with Crippen LogP contribution in [0.5, 0.6) is 0 Å². The molecule has 0 N–H and O–H groups in total. The average Bonchev–Trinajstić information content (AvgIpc) is 2.46. The van der Waals surface area contributed by atoms with Gasteiger partial charge in [0, 0.05) is 4.47 Å². The van der Waals surface area contributed by atoms with E-state index in [0.717, 1.165) is 10.0 Å². The van der Waals surface area contributed by atoms with E-state index in [4.69, 9.17) is 0 Å². The highest BCUT2D eigenvalue weighted by molar-refractivity contribution is 9.10. The van der Waals surface area contributed by atoms with Crippen LogP contribution >= 0.6 is 15.9 Å². The van der Waals surface area contributed by atoms with E-state index in [0.29, 0.717) is 0 Å². The van der Waals surface area contributed by atoms with Gasteiger partial charge in [-0.2, -0.15) is 0 Å². The molecule has 3 nitrogen and oxygen atoms in total. The molecule has 1 atom stereocenters. The minimum Gasteiger partial charge on any atom is -0.393 e. The second kappa shape index (κ2) is 3.53. The van der Waals surface area contributed by atoms with E-state index in [1.807, 2.05) is 24.3 Å². The molecule has 0 saturated carbocycles. The molecule has 0 bridgehead atoms. The number of hydrogen-bond donors (Lipinski definition) is 0. The summed E-state index contributed by atoms with van der Waals surface area (Å²) in [5.41, 5.74) is 0.809. The first-order valence-corrected chi connectivity index (χ1v) is 4.96. The van der Waals surface area contributed by atoms with Crippen LogP contribution in [-0.2, 0) is 14.3 Å². The quantitative estimate of drug-likeness (QED) is 0.569. The van der Waals surface area contributed by atoms with Crippen molar-refractivity contribution < 1.29 is 14.3 Å². The average molecular weight is 255 g/mol. The molecular formula is C10H7BrO3. The summed E-state index contributed by atoms with van der Waals surface area (Å²) in [4.78, 5) is 22.2. The first-order valence-electron chi connectivity index (χ1n) is 4.17. The molecule has 0 aliphatic carbocycles. The molecule has 1 unspecified atom stereocenters. The summed E-state index contributed by atoms with van der Waals surface area (Å²) in [6.45, 7) is 0. The summed E-state index contributed by atoms with van der Waals surface area (Å²) in [7, 11) is 0. The van der Waals surface area contributed by atoms with Crippen molar-refractivity contribution in [1.29, 1.82) is 0 Å². The zero-order valence-corrected chi connectivity index (χ0v) is 8.78. The molecular weight excluding hydrogens is 248 g/mol. The predicted octanol–water partition coefficient (Wildman–Crippen LogP) is 2.01. The topological polar surface area (TPSA) is 43.4 Å². The molecule has 1 heterocycles. The first kappa shape index (κ1) is 9.40. The maximum atomic E-state index is 11.3. The third-order valence-corrected chi connectivity index (χ3v) is 2.87. The zero-order valence-electron chi connectivity index (χ0n) is 7.20. The Morgan fingerprint density at radius 2 is 2.00 bits per heavy atom. The Kier molecular flexibility index (Phi) is 2.37. The Morgan fingerprint density at radius 1 is 1.29 bits per heavy atom. The Bertz CT molecular complexity index is 400. The number of benzene rings is 1. The fourth-order valence-corrected chi connectivity index (χ4v) is 2.03. The molecule has 1 saturated heterocycles. The summed E-state index contributed by atoms with van der Waals surface area (Å²) >= 11 is 3.33. The number of halogens is 1. The van der Waals surface area contributed by atoms with Crippen LogP contribution in [0.3, 0.4) is 0 Å². The fourth-order valence-electron chi connectivity index (χ4n) is 1.47. The summed E-state index contributed by atoms with van der Waals surface area (Å²) in [5, 5.41) is 0. The molecule has 14 heavy (non-hydrogen) atoms. The fraction of sp³-hybridized carbons (Fsp3) is 0.200. The molecule has 0 spiro atoms. The zero-order chi connectivity index (χ0) is 10.1. The second-order valence-corrected chi connectivity index (χ2v) is 3.93. The molecule has 1 aromatic rings. The van der Waals surface area contributed by atoms with E-state index >= 15 is 0 Å². The minimum atomic E-state index is -0.457. The van der Waals surface area contributed by atoms with Crippen LogP contribution < -0.4 is 0 Å². The first-order chi connectivity index (χ1) is 6.68. The molecule has 4 heteroatoms. The van der Waals surface area contributed by atoms with Crippen molar-refractivity contribution in [1.82, 2.24) is 0 Å². The lowest BCUT2D eigenvalue weighted by atomic mass is 9.98. The maximum Gasteiger partial charge on any atom is 0.321 e. The third kappa shape index (κ3) is 1.57. The van der Waals surface area contributed by atoms with Crippen molar-refractivity contribution in [2.24, 2.45) is 0 Å². The lowest BCUT2D eigenvalue weighted by molar-refractivity contribution is -0.152. The van der Waals surface area contributed by atoms with Gasteiger partial charge in [-0.25, -0.2) is 0 Å². The van der Waals surface area contributed by atoms with Crippen molar-refractivity contribution in [2.45, 2.75) is 12.3 Å². The summed E-state index contributed by atoms with van der Waals surface area (Å²) in [5.74, 6) is -1.35. The van der Waals surface area contributed by atoms with E-state index in [-0.39, 0.29) is 6.42 Å². The number of carbonyl (C=O) groups excluding carboxylic acids is 2. The summed E-state index contributed by atoms with van der Waals surface area (Å²) in [6, 6.07) is 7.34. The van der Waals surface area contributed by atoms with Gasteiger partial charge in [-0.1, -0.05) is 34.1 Å². The molecule has 2 rings (SSSR count). The number of esters is 2. The van der Waals surface area contributed by atoms with Gasteiger partial charge < -0.3 is 4.74 Å². The molecule has 1 aliphatic heterocycles. The molecule has 72 valence electrons. The van der Waals surface area contributed by atoms with Gasteiger partial charge in [-0.15, -0.1) is 0 Å². The van der Waals surface area contributed by atoms with Gasteiger partial charge in [0.25, 0.3) is 0 Å². The van der Waals surface area contributed by atoms with Crippen LogP contribution in [-0.4, -0.2) is 11.9 Å². The smallest absolute Gasteiger partial charge is 0.321 e. The van der Waals surface area contributed by atoms with Crippen molar-refractivity contribution in [2.75, 3.05) is 0 Å². The lowest BCUT2D eigenvalue weighted by Gasteiger charge is -2.06. The number of rotatable bonds is 1. The molecule has 1 aromatic carbocycles. The number of carbonyl (C=O) groups is 2.